The molecule has 0 aliphatic heterocycles. The molecule has 4 nitrogen and oxygen atoms in total. The second-order valence-corrected chi connectivity index (χ2v) is 7.16. The van der Waals surface area contributed by atoms with Crippen molar-refractivity contribution in [2.45, 2.75) is 52.0 Å². The molecule has 0 heterocycles. The minimum Gasteiger partial charge on any atom is -0.354 e. The Labute approximate surface area is 173 Å². The Morgan fingerprint density at radius 3 is 2.38 bits per heavy atom. The fourth-order valence-electron chi connectivity index (χ4n) is 3.31. The normalized spacial score (nSPS) is 11.7. The molecule has 5 heteroatoms. The lowest BCUT2D eigenvalue weighted by molar-refractivity contribution is -0.140. The van der Waals surface area contributed by atoms with E-state index >= 15 is 0 Å². The second kappa shape index (κ2) is 12.0. The predicted octanol–water partition coefficient (Wildman–Crippen LogP) is 4.13. The molecular weight excluding hydrogens is 367 g/mol. The van der Waals surface area contributed by atoms with Crippen LogP contribution >= 0.6 is 0 Å². The van der Waals surface area contributed by atoms with Crippen LogP contribution in [0.2, 0.25) is 0 Å². The number of hydrogen-bond acceptors (Lipinski definition) is 2. The summed E-state index contributed by atoms with van der Waals surface area (Å²) in [5.41, 5.74) is 1.45. The Morgan fingerprint density at radius 2 is 1.72 bits per heavy atom. The van der Waals surface area contributed by atoms with Gasteiger partial charge in [0, 0.05) is 13.1 Å². The third kappa shape index (κ3) is 7.00. The Balaban J connectivity index is 2.17. The van der Waals surface area contributed by atoms with Crippen molar-refractivity contribution in [3.05, 3.63) is 71.5 Å². The maximum atomic E-state index is 14.1. The lowest BCUT2D eigenvalue weighted by atomic mass is 10.1. The van der Waals surface area contributed by atoms with Gasteiger partial charge in [0.2, 0.25) is 11.8 Å². The molecule has 0 aliphatic rings. The van der Waals surface area contributed by atoms with Gasteiger partial charge in [-0.3, -0.25) is 9.59 Å². The molecule has 0 fully saturated rings. The number of benzene rings is 2. The van der Waals surface area contributed by atoms with Crippen molar-refractivity contribution in [3.8, 4) is 0 Å². The molecule has 2 rings (SSSR count). The van der Waals surface area contributed by atoms with Crippen molar-refractivity contribution in [1.82, 2.24) is 10.2 Å². The van der Waals surface area contributed by atoms with Crippen molar-refractivity contribution in [2.24, 2.45) is 0 Å². The number of nitrogens with one attached hydrogen (secondary N) is 1. The molecule has 0 unspecified atom stereocenters. The number of halogens is 1. The molecule has 2 aromatic rings. The minimum atomic E-state index is -0.560. The van der Waals surface area contributed by atoms with Crippen LogP contribution in [0.4, 0.5) is 4.39 Å². The Bertz CT molecular complexity index is 779. The molecule has 1 N–H and O–H groups in total. The van der Waals surface area contributed by atoms with Crippen LogP contribution in [0, 0.1) is 5.82 Å². The number of carbonyl (C=O) groups is 2. The molecule has 156 valence electrons. The monoisotopic (exact) mass is 398 g/mol. The summed E-state index contributed by atoms with van der Waals surface area (Å²) in [5.74, 6) is -0.774. The Kier molecular flexibility index (Phi) is 9.35. The van der Waals surface area contributed by atoms with Crippen LogP contribution in [0.1, 0.15) is 44.2 Å². The highest BCUT2D eigenvalue weighted by Crippen LogP contribution is 2.14. The molecule has 0 spiro atoms. The van der Waals surface area contributed by atoms with Crippen LogP contribution in [0.3, 0.4) is 0 Å². The number of nitrogens with zero attached hydrogens (tertiary/aromatic N) is 1. The number of unbranched alkanes of at least 4 members (excludes halogenated alkanes) is 1. The lowest BCUT2D eigenvalue weighted by Crippen LogP contribution is -2.50. The van der Waals surface area contributed by atoms with Gasteiger partial charge < -0.3 is 10.2 Å². The molecule has 2 aromatic carbocycles. The fourth-order valence-corrected chi connectivity index (χ4v) is 3.31. The summed E-state index contributed by atoms with van der Waals surface area (Å²) in [6.45, 7) is 4.97. The highest BCUT2D eigenvalue weighted by molar-refractivity contribution is 5.88. The molecule has 0 aromatic heterocycles. The van der Waals surface area contributed by atoms with Crippen LogP contribution in [0.5, 0.6) is 0 Å². The summed E-state index contributed by atoms with van der Waals surface area (Å²) in [6, 6.07) is 15.6. The van der Waals surface area contributed by atoms with Crippen LogP contribution in [-0.4, -0.2) is 35.8 Å². The van der Waals surface area contributed by atoms with E-state index in [0.717, 1.165) is 18.4 Å². The zero-order valence-electron chi connectivity index (χ0n) is 17.4. The van der Waals surface area contributed by atoms with Crippen LogP contribution in [-0.2, 0) is 22.4 Å². The minimum absolute atomic E-state index is 0.0554. The Morgan fingerprint density at radius 1 is 1.03 bits per heavy atom. The van der Waals surface area contributed by atoms with Gasteiger partial charge in [-0.2, -0.15) is 0 Å². The van der Waals surface area contributed by atoms with E-state index in [4.69, 9.17) is 0 Å². The van der Waals surface area contributed by atoms with Crippen molar-refractivity contribution in [1.29, 1.82) is 0 Å². The van der Waals surface area contributed by atoms with Gasteiger partial charge in [0.05, 0.1) is 6.42 Å². The summed E-state index contributed by atoms with van der Waals surface area (Å²) < 4.78 is 14.1. The van der Waals surface area contributed by atoms with Crippen molar-refractivity contribution in [2.75, 3.05) is 13.1 Å². The maximum absolute atomic E-state index is 14.1. The molecule has 0 radical (unpaired) electrons. The fraction of sp³-hybridized carbons (Fsp3) is 0.417. The molecule has 1 atom stereocenters. The molecule has 0 saturated heterocycles. The third-order valence-electron chi connectivity index (χ3n) is 5.00. The van der Waals surface area contributed by atoms with Gasteiger partial charge in [0.1, 0.15) is 11.9 Å². The summed E-state index contributed by atoms with van der Waals surface area (Å²) in [6.07, 6.45) is 2.98. The number of amides is 2. The predicted molar refractivity (Wildman–Crippen MR) is 114 cm³/mol. The van der Waals surface area contributed by atoms with E-state index in [1.54, 1.807) is 23.1 Å². The smallest absolute Gasteiger partial charge is 0.242 e. The summed E-state index contributed by atoms with van der Waals surface area (Å²) in [5, 5.41) is 2.94. The van der Waals surface area contributed by atoms with Crippen molar-refractivity contribution < 1.29 is 14.0 Å². The van der Waals surface area contributed by atoms with E-state index < -0.39 is 11.9 Å². The SMILES string of the molecule is CCCCNC(=O)[C@H](CC)N(CCc1ccccc1)C(=O)Cc1ccccc1F. The van der Waals surface area contributed by atoms with Gasteiger partial charge in [-0.25, -0.2) is 4.39 Å². The average molecular weight is 399 g/mol. The molecular formula is C24H31FN2O2. The van der Waals surface area contributed by atoms with Gasteiger partial charge in [-0.05, 0) is 36.5 Å². The number of rotatable bonds is 11. The first-order chi connectivity index (χ1) is 14.1. The first-order valence-electron chi connectivity index (χ1n) is 10.4. The molecule has 0 aliphatic carbocycles. The van der Waals surface area contributed by atoms with E-state index in [-0.39, 0.29) is 18.2 Å². The molecule has 0 saturated carbocycles. The van der Waals surface area contributed by atoms with Gasteiger partial charge in [0.25, 0.3) is 0 Å². The van der Waals surface area contributed by atoms with Gasteiger partial charge in [-0.15, -0.1) is 0 Å². The quantitative estimate of drug-likeness (QED) is 0.579. The van der Waals surface area contributed by atoms with Crippen molar-refractivity contribution >= 4 is 11.8 Å². The highest BCUT2D eigenvalue weighted by atomic mass is 19.1. The zero-order valence-corrected chi connectivity index (χ0v) is 17.4. The standard InChI is InChI=1S/C24H31FN2O2/c1-3-5-16-26-24(29)22(4-2)27(17-15-19-11-7-6-8-12-19)23(28)18-20-13-9-10-14-21(20)25/h6-14,22H,3-5,15-18H2,1-2H3,(H,26,29)/t22-/m0/s1. The number of hydrogen-bond donors (Lipinski definition) is 1. The van der Waals surface area contributed by atoms with Crippen LogP contribution < -0.4 is 5.32 Å². The second-order valence-electron chi connectivity index (χ2n) is 7.16. The van der Waals surface area contributed by atoms with E-state index in [0.29, 0.717) is 31.5 Å². The number of carbonyl (C=O) groups excluding carboxylic acids is 2. The molecule has 2 amide bonds. The van der Waals surface area contributed by atoms with E-state index in [1.165, 1.54) is 6.07 Å². The lowest BCUT2D eigenvalue weighted by Gasteiger charge is -2.31. The van der Waals surface area contributed by atoms with Gasteiger partial charge in [-0.1, -0.05) is 68.8 Å². The summed E-state index contributed by atoms with van der Waals surface area (Å²) in [4.78, 5) is 27.5. The average Bonchev–Trinajstić information content (AvgIpc) is 2.73. The zero-order chi connectivity index (χ0) is 21.1. The largest absolute Gasteiger partial charge is 0.354 e. The highest BCUT2D eigenvalue weighted by Gasteiger charge is 2.28. The third-order valence-corrected chi connectivity index (χ3v) is 5.00. The van der Waals surface area contributed by atoms with Crippen LogP contribution in [0.25, 0.3) is 0 Å². The topological polar surface area (TPSA) is 49.4 Å². The van der Waals surface area contributed by atoms with Gasteiger partial charge >= 0.3 is 0 Å². The van der Waals surface area contributed by atoms with E-state index in [2.05, 4.69) is 12.2 Å². The first kappa shape index (κ1) is 22.6. The first-order valence-corrected chi connectivity index (χ1v) is 10.4. The Hall–Kier alpha value is -2.69. The molecule has 29 heavy (non-hydrogen) atoms. The van der Waals surface area contributed by atoms with E-state index in [9.17, 15) is 14.0 Å². The van der Waals surface area contributed by atoms with E-state index in [1.807, 2.05) is 37.3 Å². The maximum Gasteiger partial charge on any atom is 0.242 e. The van der Waals surface area contributed by atoms with Gasteiger partial charge in [0.15, 0.2) is 0 Å². The van der Waals surface area contributed by atoms with Crippen LogP contribution in [0.15, 0.2) is 54.6 Å². The molecule has 0 bridgehead atoms. The van der Waals surface area contributed by atoms with Crippen molar-refractivity contribution in [3.63, 3.8) is 0 Å². The summed E-state index contributed by atoms with van der Waals surface area (Å²) >= 11 is 0. The summed E-state index contributed by atoms with van der Waals surface area (Å²) in [7, 11) is 0.